The molecule has 2 amide bonds. The molecule has 134 valence electrons. The minimum atomic E-state index is -1.02. The summed E-state index contributed by atoms with van der Waals surface area (Å²) >= 11 is 0. The molecule has 1 saturated heterocycles. The normalized spacial score (nSPS) is 24.6. The van der Waals surface area contributed by atoms with E-state index in [4.69, 9.17) is 0 Å². The highest BCUT2D eigenvalue weighted by atomic mass is 16.3. The summed E-state index contributed by atoms with van der Waals surface area (Å²) in [5.74, 6) is -0.598. The Balaban J connectivity index is 1.40. The van der Waals surface area contributed by atoms with E-state index in [1.54, 1.807) is 4.90 Å². The topological polar surface area (TPSA) is 69.6 Å². The lowest BCUT2D eigenvalue weighted by atomic mass is 9.95. The Morgan fingerprint density at radius 3 is 2.69 bits per heavy atom. The summed E-state index contributed by atoms with van der Waals surface area (Å²) < 4.78 is 0. The molecular weight excluding hydrogens is 328 g/mol. The maximum atomic E-state index is 12.6. The Hall–Kier alpha value is -2.66. The van der Waals surface area contributed by atoms with E-state index in [1.807, 2.05) is 54.6 Å². The Kier molecular flexibility index (Phi) is 4.24. The summed E-state index contributed by atoms with van der Waals surface area (Å²) in [6.07, 6.45) is 1.62. The number of aryl methyl sites for hydroxylation is 1. The molecule has 1 heterocycles. The largest absolute Gasteiger partial charge is 0.383 e. The predicted molar refractivity (Wildman–Crippen MR) is 98.6 cm³/mol. The number of anilines is 1. The van der Waals surface area contributed by atoms with Crippen molar-refractivity contribution in [1.29, 1.82) is 0 Å². The Labute approximate surface area is 152 Å². The van der Waals surface area contributed by atoms with Crippen LogP contribution in [-0.2, 0) is 21.6 Å². The standard InChI is InChI=1S/C21H22N2O3/c24-19-12-16(13-23(19)17-7-2-1-3-8-17)20(25)22-14-21(26)11-10-15-6-4-5-9-18(15)21/h1-9,16,26H,10-14H2,(H,22,25). The van der Waals surface area contributed by atoms with Crippen molar-refractivity contribution >= 4 is 17.5 Å². The second kappa shape index (κ2) is 6.57. The molecule has 0 radical (unpaired) electrons. The van der Waals surface area contributed by atoms with Gasteiger partial charge in [-0.05, 0) is 36.1 Å². The van der Waals surface area contributed by atoms with Crippen LogP contribution in [0.3, 0.4) is 0 Å². The molecule has 2 aromatic carbocycles. The van der Waals surface area contributed by atoms with Crippen LogP contribution in [0.4, 0.5) is 5.69 Å². The van der Waals surface area contributed by atoms with Gasteiger partial charge in [-0.1, -0.05) is 42.5 Å². The van der Waals surface area contributed by atoms with Crippen molar-refractivity contribution < 1.29 is 14.7 Å². The molecule has 4 rings (SSSR count). The molecule has 26 heavy (non-hydrogen) atoms. The fourth-order valence-corrected chi connectivity index (χ4v) is 3.97. The highest BCUT2D eigenvalue weighted by molar-refractivity contribution is 6.00. The van der Waals surface area contributed by atoms with Crippen molar-refractivity contribution in [2.75, 3.05) is 18.0 Å². The van der Waals surface area contributed by atoms with Gasteiger partial charge in [-0.25, -0.2) is 0 Å². The Morgan fingerprint density at radius 2 is 1.88 bits per heavy atom. The number of aliphatic hydroxyl groups is 1. The van der Waals surface area contributed by atoms with Gasteiger partial charge < -0.3 is 15.3 Å². The summed E-state index contributed by atoms with van der Waals surface area (Å²) in [5.41, 5.74) is 1.83. The third kappa shape index (κ3) is 2.99. The zero-order valence-corrected chi connectivity index (χ0v) is 14.5. The molecular formula is C21H22N2O3. The van der Waals surface area contributed by atoms with E-state index in [2.05, 4.69) is 5.32 Å². The first-order chi connectivity index (χ1) is 12.6. The lowest BCUT2D eigenvalue weighted by Gasteiger charge is -2.25. The van der Waals surface area contributed by atoms with E-state index in [9.17, 15) is 14.7 Å². The lowest BCUT2D eigenvalue weighted by molar-refractivity contribution is -0.127. The average molecular weight is 350 g/mol. The van der Waals surface area contributed by atoms with Crippen molar-refractivity contribution in [2.45, 2.75) is 24.9 Å². The number of hydrogen-bond donors (Lipinski definition) is 2. The zero-order valence-electron chi connectivity index (χ0n) is 14.5. The Morgan fingerprint density at radius 1 is 1.15 bits per heavy atom. The van der Waals surface area contributed by atoms with Gasteiger partial charge in [0.05, 0.1) is 12.5 Å². The molecule has 0 spiro atoms. The van der Waals surface area contributed by atoms with Crippen LogP contribution in [0.25, 0.3) is 0 Å². The van der Waals surface area contributed by atoms with Gasteiger partial charge in [-0.15, -0.1) is 0 Å². The summed E-state index contributed by atoms with van der Waals surface area (Å²) in [7, 11) is 0. The molecule has 1 aliphatic carbocycles. The molecule has 0 bridgehead atoms. The van der Waals surface area contributed by atoms with Gasteiger partial charge in [0.2, 0.25) is 11.8 Å². The Bertz CT molecular complexity index is 836. The highest BCUT2D eigenvalue weighted by Crippen LogP contribution is 2.36. The smallest absolute Gasteiger partial charge is 0.227 e. The SMILES string of the molecule is O=C(NCC1(O)CCc2ccccc21)C1CC(=O)N(c2ccccc2)C1. The van der Waals surface area contributed by atoms with Crippen LogP contribution in [0.2, 0.25) is 0 Å². The van der Waals surface area contributed by atoms with Gasteiger partial charge >= 0.3 is 0 Å². The second-order valence-corrected chi connectivity index (χ2v) is 7.15. The molecule has 5 heteroatoms. The highest BCUT2D eigenvalue weighted by Gasteiger charge is 2.39. The van der Waals surface area contributed by atoms with Gasteiger partial charge in [0, 0.05) is 18.7 Å². The number of para-hydroxylation sites is 1. The van der Waals surface area contributed by atoms with E-state index in [1.165, 1.54) is 0 Å². The summed E-state index contributed by atoms with van der Waals surface area (Å²) in [5, 5.41) is 13.8. The van der Waals surface area contributed by atoms with Gasteiger partial charge in [-0.2, -0.15) is 0 Å². The number of carbonyl (C=O) groups is 2. The quantitative estimate of drug-likeness (QED) is 0.886. The monoisotopic (exact) mass is 350 g/mol. The minimum Gasteiger partial charge on any atom is -0.383 e. The van der Waals surface area contributed by atoms with Crippen molar-refractivity contribution in [2.24, 2.45) is 5.92 Å². The number of rotatable bonds is 4. The third-order valence-electron chi connectivity index (χ3n) is 5.45. The number of amides is 2. The van der Waals surface area contributed by atoms with Crippen molar-refractivity contribution in [3.8, 4) is 0 Å². The number of fused-ring (bicyclic) bond motifs is 1. The number of nitrogens with zero attached hydrogens (tertiary/aromatic N) is 1. The van der Waals surface area contributed by atoms with Crippen LogP contribution in [0.5, 0.6) is 0 Å². The van der Waals surface area contributed by atoms with Gasteiger partial charge in [0.1, 0.15) is 5.60 Å². The molecule has 0 aromatic heterocycles. The minimum absolute atomic E-state index is 0.0405. The number of carbonyl (C=O) groups excluding carboxylic acids is 2. The molecule has 2 aromatic rings. The van der Waals surface area contributed by atoms with E-state index in [-0.39, 0.29) is 30.7 Å². The van der Waals surface area contributed by atoms with Crippen LogP contribution in [0, 0.1) is 5.92 Å². The zero-order chi connectivity index (χ0) is 18.1. The molecule has 2 aliphatic rings. The van der Waals surface area contributed by atoms with Crippen molar-refractivity contribution in [3.05, 3.63) is 65.7 Å². The molecule has 0 saturated carbocycles. The number of benzene rings is 2. The van der Waals surface area contributed by atoms with Crippen molar-refractivity contribution in [1.82, 2.24) is 5.32 Å². The summed E-state index contributed by atoms with van der Waals surface area (Å²) in [6, 6.07) is 17.2. The van der Waals surface area contributed by atoms with Crippen LogP contribution in [-0.4, -0.2) is 30.0 Å². The van der Waals surface area contributed by atoms with Crippen molar-refractivity contribution in [3.63, 3.8) is 0 Å². The summed E-state index contributed by atoms with van der Waals surface area (Å²) in [6.45, 7) is 0.558. The average Bonchev–Trinajstić information content (AvgIpc) is 3.22. The van der Waals surface area contributed by atoms with Crippen LogP contribution in [0.15, 0.2) is 54.6 Å². The van der Waals surface area contributed by atoms with E-state index < -0.39 is 5.60 Å². The van der Waals surface area contributed by atoms with E-state index >= 15 is 0 Å². The summed E-state index contributed by atoms with van der Waals surface area (Å²) in [4.78, 5) is 26.5. The molecule has 2 atom stereocenters. The maximum Gasteiger partial charge on any atom is 0.227 e. The number of nitrogens with one attached hydrogen (secondary N) is 1. The fraction of sp³-hybridized carbons (Fsp3) is 0.333. The maximum absolute atomic E-state index is 12.6. The van der Waals surface area contributed by atoms with E-state index in [0.717, 1.165) is 23.2 Å². The predicted octanol–water partition coefficient (Wildman–Crippen LogP) is 1.99. The third-order valence-corrected chi connectivity index (χ3v) is 5.45. The first kappa shape index (κ1) is 16.8. The van der Waals surface area contributed by atoms with Gasteiger partial charge in [0.25, 0.3) is 0 Å². The molecule has 2 N–H and O–H groups in total. The first-order valence-electron chi connectivity index (χ1n) is 9.01. The van der Waals surface area contributed by atoms with Crippen LogP contribution >= 0.6 is 0 Å². The van der Waals surface area contributed by atoms with Crippen LogP contribution < -0.4 is 10.2 Å². The molecule has 1 aliphatic heterocycles. The molecule has 1 fully saturated rings. The van der Waals surface area contributed by atoms with Crippen LogP contribution in [0.1, 0.15) is 24.0 Å². The van der Waals surface area contributed by atoms with Gasteiger partial charge in [0.15, 0.2) is 0 Å². The molecule has 5 nitrogen and oxygen atoms in total. The number of hydrogen-bond acceptors (Lipinski definition) is 3. The van der Waals surface area contributed by atoms with Gasteiger partial charge in [-0.3, -0.25) is 9.59 Å². The lowest BCUT2D eigenvalue weighted by Crippen LogP contribution is -2.42. The van der Waals surface area contributed by atoms with E-state index in [0.29, 0.717) is 13.0 Å². The first-order valence-corrected chi connectivity index (χ1v) is 9.01. The molecule has 2 unspecified atom stereocenters. The fourth-order valence-electron chi connectivity index (χ4n) is 3.97. The second-order valence-electron chi connectivity index (χ2n) is 7.15.